The zero-order valence-corrected chi connectivity index (χ0v) is 10.5. The van der Waals surface area contributed by atoms with Crippen LogP contribution in [0.4, 0.5) is 0 Å². The molecule has 1 rings (SSSR count). The summed E-state index contributed by atoms with van der Waals surface area (Å²) in [7, 11) is 0. The van der Waals surface area contributed by atoms with Crippen LogP contribution in [0.25, 0.3) is 0 Å². The van der Waals surface area contributed by atoms with Crippen molar-refractivity contribution < 1.29 is 19.7 Å². The molecule has 0 unspecified atom stereocenters. The summed E-state index contributed by atoms with van der Waals surface area (Å²) < 4.78 is 5.28. The molecular weight excluding hydrogens is 234 g/mol. The van der Waals surface area contributed by atoms with E-state index in [1.165, 1.54) is 18.2 Å². The van der Waals surface area contributed by atoms with Gasteiger partial charge >= 0.3 is 0 Å². The van der Waals surface area contributed by atoms with Gasteiger partial charge in [0.25, 0.3) is 5.91 Å². The number of phenolic OH excluding ortho intramolecular Hbond substituents is 2. The summed E-state index contributed by atoms with van der Waals surface area (Å²) in [5, 5.41) is 21.5. The lowest BCUT2D eigenvalue weighted by Crippen LogP contribution is -2.27. The van der Waals surface area contributed by atoms with Crippen LogP contribution >= 0.6 is 0 Å². The number of rotatable bonds is 7. The molecular formula is C13H19NO4. The van der Waals surface area contributed by atoms with Crippen molar-refractivity contribution in [2.24, 2.45) is 0 Å². The highest BCUT2D eigenvalue weighted by Crippen LogP contribution is 2.25. The van der Waals surface area contributed by atoms with E-state index in [1.807, 2.05) is 0 Å². The second kappa shape index (κ2) is 7.55. The summed E-state index contributed by atoms with van der Waals surface area (Å²) in [5.74, 6) is -0.983. The first-order valence-electron chi connectivity index (χ1n) is 6.03. The van der Waals surface area contributed by atoms with E-state index in [4.69, 9.17) is 4.74 Å². The van der Waals surface area contributed by atoms with Crippen LogP contribution in [0.15, 0.2) is 18.2 Å². The lowest BCUT2D eigenvalue weighted by atomic mass is 10.1. The zero-order valence-electron chi connectivity index (χ0n) is 10.5. The van der Waals surface area contributed by atoms with Gasteiger partial charge in [-0.05, 0) is 18.6 Å². The van der Waals surface area contributed by atoms with E-state index in [1.54, 1.807) is 0 Å². The fraction of sp³-hybridized carbons (Fsp3) is 0.462. The molecule has 0 saturated heterocycles. The summed E-state index contributed by atoms with van der Waals surface area (Å²) >= 11 is 0. The molecule has 1 aromatic carbocycles. The summed E-state index contributed by atoms with van der Waals surface area (Å²) in [4.78, 5) is 11.7. The predicted octanol–water partition coefficient (Wildman–Crippen LogP) is 1.64. The van der Waals surface area contributed by atoms with Gasteiger partial charge in [-0.1, -0.05) is 19.4 Å². The van der Waals surface area contributed by atoms with Gasteiger partial charge in [0.1, 0.15) is 17.1 Å². The Balaban J connectivity index is 2.37. The Morgan fingerprint density at radius 1 is 1.28 bits per heavy atom. The Hall–Kier alpha value is -1.75. The average Bonchev–Trinajstić information content (AvgIpc) is 2.33. The van der Waals surface area contributed by atoms with Crippen LogP contribution in [0.2, 0.25) is 0 Å². The molecule has 18 heavy (non-hydrogen) atoms. The van der Waals surface area contributed by atoms with Crippen LogP contribution in [0.5, 0.6) is 11.5 Å². The number of benzene rings is 1. The van der Waals surface area contributed by atoms with E-state index in [0.717, 1.165) is 12.8 Å². The fourth-order valence-corrected chi connectivity index (χ4v) is 1.43. The van der Waals surface area contributed by atoms with Gasteiger partial charge in [-0.2, -0.15) is 0 Å². The molecule has 0 aromatic heterocycles. The summed E-state index contributed by atoms with van der Waals surface area (Å²) in [6.45, 7) is 3.51. The van der Waals surface area contributed by atoms with E-state index in [0.29, 0.717) is 19.8 Å². The topological polar surface area (TPSA) is 78.8 Å². The van der Waals surface area contributed by atoms with Crippen molar-refractivity contribution >= 4 is 5.91 Å². The van der Waals surface area contributed by atoms with Gasteiger partial charge in [-0.3, -0.25) is 4.79 Å². The molecule has 0 heterocycles. The van der Waals surface area contributed by atoms with Crippen LogP contribution in [0.1, 0.15) is 30.1 Å². The monoisotopic (exact) mass is 253 g/mol. The van der Waals surface area contributed by atoms with Crippen molar-refractivity contribution in [2.45, 2.75) is 19.8 Å². The van der Waals surface area contributed by atoms with Crippen molar-refractivity contribution in [1.29, 1.82) is 0 Å². The highest BCUT2D eigenvalue weighted by molar-refractivity contribution is 5.99. The molecule has 3 N–H and O–H groups in total. The molecule has 0 radical (unpaired) electrons. The van der Waals surface area contributed by atoms with Crippen LogP contribution in [0, 0.1) is 0 Å². The summed E-state index contributed by atoms with van der Waals surface area (Å²) in [6.07, 6.45) is 2.06. The maximum Gasteiger partial charge on any atom is 0.258 e. The summed E-state index contributed by atoms with van der Waals surface area (Å²) in [6, 6.07) is 4.17. The van der Waals surface area contributed by atoms with E-state index < -0.39 is 5.91 Å². The Morgan fingerprint density at radius 3 is 2.56 bits per heavy atom. The number of amides is 1. The standard InChI is InChI=1S/C13H19NO4/c1-2-3-8-18-9-7-14-13(17)12-10(15)5-4-6-11(12)16/h4-6,15-16H,2-3,7-9H2,1H3,(H,14,17). The smallest absolute Gasteiger partial charge is 0.258 e. The van der Waals surface area contributed by atoms with Crippen molar-refractivity contribution in [3.8, 4) is 11.5 Å². The van der Waals surface area contributed by atoms with E-state index >= 15 is 0 Å². The molecule has 1 aromatic rings. The lowest BCUT2D eigenvalue weighted by Gasteiger charge is -2.08. The first-order chi connectivity index (χ1) is 8.66. The van der Waals surface area contributed by atoms with Gasteiger partial charge < -0.3 is 20.3 Å². The Labute approximate surface area is 106 Å². The van der Waals surface area contributed by atoms with Crippen LogP contribution in [-0.4, -0.2) is 35.9 Å². The molecule has 5 heteroatoms. The molecule has 0 atom stereocenters. The highest BCUT2D eigenvalue weighted by Gasteiger charge is 2.14. The number of ether oxygens (including phenoxy) is 1. The largest absolute Gasteiger partial charge is 0.507 e. The normalized spacial score (nSPS) is 10.3. The SMILES string of the molecule is CCCCOCCNC(=O)c1c(O)cccc1O. The average molecular weight is 253 g/mol. The maximum absolute atomic E-state index is 11.7. The van der Waals surface area contributed by atoms with Crippen molar-refractivity contribution in [2.75, 3.05) is 19.8 Å². The lowest BCUT2D eigenvalue weighted by molar-refractivity contribution is 0.0907. The van der Waals surface area contributed by atoms with Gasteiger partial charge in [0.2, 0.25) is 0 Å². The molecule has 0 bridgehead atoms. The third kappa shape index (κ3) is 4.25. The van der Waals surface area contributed by atoms with Gasteiger partial charge in [0, 0.05) is 13.2 Å². The second-order valence-corrected chi connectivity index (χ2v) is 3.89. The Kier molecular flexibility index (Phi) is 6.00. The molecule has 100 valence electrons. The minimum Gasteiger partial charge on any atom is -0.507 e. The van der Waals surface area contributed by atoms with Gasteiger partial charge in [0.05, 0.1) is 6.61 Å². The maximum atomic E-state index is 11.7. The van der Waals surface area contributed by atoms with Crippen LogP contribution in [0.3, 0.4) is 0 Å². The van der Waals surface area contributed by atoms with E-state index in [-0.39, 0.29) is 17.1 Å². The number of hydrogen-bond donors (Lipinski definition) is 3. The number of aromatic hydroxyl groups is 2. The van der Waals surface area contributed by atoms with Gasteiger partial charge in [0.15, 0.2) is 0 Å². The molecule has 0 spiro atoms. The minimum atomic E-state index is -0.510. The number of unbranched alkanes of at least 4 members (excludes halogenated alkanes) is 1. The van der Waals surface area contributed by atoms with Crippen molar-refractivity contribution in [3.63, 3.8) is 0 Å². The quantitative estimate of drug-likeness (QED) is 0.645. The highest BCUT2D eigenvalue weighted by atomic mass is 16.5. The first kappa shape index (κ1) is 14.3. The number of hydrogen-bond acceptors (Lipinski definition) is 4. The molecule has 5 nitrogen and oxygen atoms in total. The molecule has 0 aliphatic rings. The molecule has 1 amide bonds. The third-order valence-electron chi connectivity index (χ3n) is 2.42. The number of carbonyl (C=O) groups excluding carboxylic acids is 1. The summed E-state index contributed by atoms with van der Waals surface area (Å²) in [5.41, 5.74) is -0.106. The zero-order chi connectivity index (χ0) is 13.4. The molecule has 0 fully saturated rings. The third-order valence-corrected chi connectivity index (χ3v) is 2.42. The van der Waals surface area contributed by atoms with Crippen LogP contribution < -0.4 is 5.32 Å². The Bertz CT molecular complexity index is 372. The molecule has 0 aliphatic heterocycles. The van der Waals surface area contributed by atoms with Gasteiger partial charge in [-0.25, -0.2) is 0 Å². The second-order valence-electron chi connectivity index (χ2n) is 3.89. The van der Waals surface area contributed by atoms with Crippen molar-refractivity contribution in [3.05, 3.63) is 23.8 Å². The molecule has 0 aliphatic carbocycles. The fourth-order valence-electron chi connectivity index (χ4n) is 1.43. The van der Waals surface area contributed by atoms with Gasteiger partial charge in [-0.15, -0.1) is 0 Å². The van der Waals surface area contributed by atoms with Crippen LogP contribution in [-0.2, 0) is 4.74 Å². The Morgan fingerprint density at radius 2 is 1.94 bits per heavy atom. The van der Waals surface area contributed by atoms with E-state index in [9.17, 15) is 15.0 Å². The minimum absolute atomic E-state index is 0.106. The number of nitrogens with one attached hydrogen (secondary N) is 1. The first-order valence-corrected chi connectivity index (χ1v) is 6.03. The number of phenols is 2. The van der Waals surface area contributed by atoms with Crippen molar-refractivity contribution in [1.82, 2.24) is 5.32 Å². The van der Waals surface area contributed by atoms with E-state index in [2.05, 4.69) is 12.2 Å². The molecule has 0 saturated carbocycles. The number of carbonyl (C=O) groups is 1. The predicted molar refractivity (Wildman–Crippen MR) is 67.8 cm³/mol.